The Labute approximate surface area is 143 Å². The highest BCUT2D eigenvalue weighted by atomic mass is 33.1. The minimum Gasteiger partial charge on any atom is -0.371 e. The van der Waals surface area contributed by atoms with Crippen LogP contribution in [0.15, 0.2) is 55.3 Å². The van der Waals surface area contributed by atoms with Gasteiger partial charge in [0.25, 0.3) is 0 Å². The summed E-state index contributed by atoms with van der Waals surface area (Å²) < 4.78 is 1.94. The zero-order valence-corrected chi connectivity index (χ0v) is 15.1. The lowest BCUT2D eigenvalue weighted by Gasteiger charge is -2.22. The predicted octanol–water partition coefficient (Wildman–Crippen LogP) is 4.52. The molecular weight excluding hydrogens is 308 g/mol. The summed E-state index contributed by atoms with van der Waals surface area (Å²) in [6.45, 7) is 11.9. The molecule has 1 aromatic carbocycles. The van der Waals surface area contributed by atoms with Gasteiger partial charge in [-0.1, -0.05) is 29.5 Å². The Kier molecular flexibility index (Phi) is 8.78. The summed E-state index contributed by atoms with van der Waals surface area (Å²) in [5.41, 5.74) is 3.33. The average molecular weight is 334 g/mol. The van der Waals surface area contributed by atoms with Crippen LogP contribution in [-0.2, 0) is 0 Å². The van der Waals surface area contributed by atoms with Gasteiger partial charge >= 0.3 is 0 Å². The van der Waals surface area contributed by atoms with E-state index in [1.165, 1.54) is 5.69 Å². The van der Waals surface area contributed by atoms with E-state index in [9.17, 15) is 0 Å². The Bertz CT molecular complexity index is 545. The fourth-order valence-corrected chi connectivity index (χ4v) is 2.53. The van der Waals surface area contributed by atoms with Crippen LogP contribution >= 0.6 is 22.5 Å². The van der Waals surface area contributed by atoms with Gasteiger partial charge in [0.15, 0.2) is 11.9 Å². The first-order valence-corrected chi connectivity index (χ1v) is 9.33. The minimum atomic E-state index is 0.921. The molecule has 0 aliphatic rings. The highest BCUT2D eigenvalue weighted by molar-refractivity contribution is 8.68. The molecule has 0 aliphatic carbocycles. The maximum atomic E-state index is 4.20. The highest BCUT2D eigenvalue weighted by Gasteiger charge is 2.03. The molecule has 4 heteroatoms. The summed E-state index contributed by atoms with van der Waals surface area (Å²) in [4.78, 5) is 2.35. The number of thiol groups is 1. The highest BCUT2D eigenvalue weighted by Crippen LogP contribution is 2.17. The molecule has 0 heterocycles. The number of anilines is 1. The molecule has 0 fully saturated rings. The van der Waals surface area contributed by atoms with Crippen molar-refractivity contribution in [3.05, 3.63) is 60.8 Å². The largest absolute Gasteiger partial charge is 0.371 e. The van der Waals surface area contributed by atoms with Crippen LogP contribution in [0, 0.1) is 0 Å². The molecule has 0 amide bonds. The van der Waals surface area contributed by atoms with Gasteiger partial charge < -0.3 is 4.90 Å². The zero-order valence-electron chi connectivity index (χ0n) is 13.4. The normalized spacial score (nSPS) is 11.7. The van der Waals surface area contributed by atoms with E-state index in [1.807, 2.05) is 23.9 Å². The van der Waals surface area contributed by atoms with Gasteiger partial charge in [0, 0.05) is 30.6 Å². The smallest absolute Gasteiger partial charge is 0.197 e. The quantitative estimate of drug-likeness (QED) is 0.233. The number of benzene rings is 1. The maximum Gasteiger partial charge on any atom is 0.197 e. The van der Waals surface area contributed by atoms with Crippen LogP contribution in [0.5, 0.6) is 0 Å². The van der Waals surface area contributed by atoms with Crippen molar-refractivity contribution >= 4 is 40.4 Å². The van der Waals surface area contributed by atoms with Crippen LogP contribution in [0.3, 0.4) is 0 Å². The number of nitrogens with zero attached hydrogens (tertiary/aromatic N) is 2. The number of hydrogen-bond acceptors (Lipinski definition) is 3. The molecule has 0 aromatic heterocycles. The lowest BCUT2D eigenvalue weighted by atomic mass is 10.1. The van der Waals surface area contributed by atoms with E-state index in [0.29, 0.717) is 0 Å². The van der Waals surface area contributed by atoms with Crippen molar-refractivity contribution in [3.8, 4) is 0 Å². The predicted molar refractivity (Wildman–Crippen MR) is 106 cm³/mol. The monoisotopic (exact) mass is 333 g/mol. The van der Waals surface area contributed by atoms with E-state index in [0.717, 1.165) is 30.1 Å². The second kappa shape index (κ2) is 10.4. The molecule has 2 nitrogen and oxygen atoms in total. The molecule has 0 radical (unpaired) electrons. The Hall–Kier alpha value is -1.39. The first kappa shape index (κ1) is 18.7. The van der Waals surface area contributed by atoms with Gasteiger partial charge in [0.2, 0.25) is 0 Å². The fraction of sp³-hybridized carbons (Fsp3) is 0.278. The lowest BCUT2D eigenvalue weighted by molar-refractivity contribution is -0.431. The second-order valence-corrected chi connectivity index (χ2v) is 6.27. The van der Waals surface area contributed by atoms with Crippen LogP contribution in [-0.4, -0.2) is 36.7 Å². The summed E-state index contributed by atoms with van der Waals surface area (Å²) in [6.07, 6.45) is 7.70. The maximum absolute atomic E-state index is 4.20. The molecule has 0 aliphatic heterocycles. The average Bonchev–Trinajstić information content (AvgIpc) is 2.54. The van der Waals surface area contributed by atoms with Gasteiger partial charge in [-0.25, -0.2) is 4.58 Å². The number of rotatable bonds is 9. The molecule has 0 unspecified atom stereocenters. The second-order valence-electron chi connectivity index (χ2n) is 4.82. The molecule has 0 saturated heterocycles. The van der Waals surface area contributed by atoms with Crippen molar-refractivity contribution < 1.29 is 4.58 Å². The van der Waals surface area contributed by atoms with E-state index in [4.69, 9.17) is 0 Å². The molecule has 22 heavy (non-hydrogen) atoms. The first-order chi connectivity index (χ1) is 10.6. The van der Waals surface area contributed by atoms with Crippen molar-refractivity contribution in [2.75, 3.05) is 30.8 Å². The van der Waals surface area contributed by atoms with Crippen LogP contribution in [0.1, 0.15) is 12.5 Å². The van der Waals surface area contributed by atoms with E-state index >= 15 is 0 Å². The molecule has 118 valence electrons. The zero-order chi connectivity index (χ0) is 16.4. The van der Waals surface area contributed by atoms with E-state index in [-0.39, 0.29) is 0 Å². The Morgan fingerprint density at radius 3 is 2.59 bits per heavy atom. The van der Waals surface area contributed by atoms with Crippen LogP contribution in [0.2, 0.25) is 0 Å². The molecule has 1 rings (SSSR count). The standard InChI is InChI=1S/C18H24N2S2/c1-5-13-19(4)16(3)7-8-17-9-11-18(12-10-17)20(6-2)14-15-22-21/h5,7-13H,1,3,6,14-15H2,2,4H3/p+1/b8-7+,19-13?. The van der Waals surface area contributed by atoms with Gasteiger partial charge in [-0.2, -0.15) is 0 Å². The van der Waals surface area contributed by atoms with Gasteiger partial charge in [-0.3, -0.25) is 0 Å². The summed E-state index contributed by atoms with van der Waals surface area (Å²) in [5.74, 6) is 1.02. The minimum absolute atomic E-state index is 0.921. The summed E-state index contributed by atoms with van der Waals surface area (Å²) in [6, 6.07) is 8.59. The SMILES string of the molecule is C=CC=[N+](C)C(=C)/C=C/c1ccc(N(CC)CCSS)cc1. The molecule has 1 aromatic rings. The summed E-state index contributed by atoms with van der Waals surface area (Å²) in [7, 11) is 3.53. The Balaban J connectivity index is 2.74. The van der Waals surface area contributed by atoms with Gasteiger partial charge in [-0.05, 0) is 43.4 Å². The summed E-state index contributed by atoms with van der Waals surface area (Å²) in [5, 5.41) is 0. The number of hydrogen-bond donors (Lipinski definition) is 1. The van der Waals surface area contributed by atoms with Crippen molar-refractivity contribution in [2.24, 2.45) is 0 Å². The molecule has 0 bridgehead atoms. The Morgan fingerprint density at radius 1 is 1.36 bits per heavy atom. The van der Waals surface area contributed by atoms with E-state index in [2.05, 4.69) is 67.0 Å². The molecule has 0 atom stereocenters. The lowest BCUT2D eigenvalue weighted by Crippen LogP contribution is -2.25. The molecule has 0 N–H and O–H groups in total. The molecule has 0 spiro atoms. The van der Waals surface area contributed by atoms with Crippen LogP contribution in [0.25, 0.3) is 6.08 Å². The molecule has 0 saturated carbocycles. The fourth-order valence-electron chi connectivity index (χ4n) is 1.98. The third-order valence-electron chi connectivity index (χ3n) is 3.34. The van der Waals surface area contributed by atoms with E-state index < -0.39 is 0 Å². The van der Waals surface area contributed by atoms with Crippen molar-refractivity contribution in [1.29, 1.82) is 0 Å². The third-order valence-corrected chi connectivity index (χ3v) is 4.26. The van der Waals surface area contributed by atoms with Crippen LogP contribution in [0.4, 0.5) is 5.69 Å². The van der Waals surface area contributed by atoms with Gasteiger partial charge in [0.05, 0.1) is 0 Å². The number of allylic oxidation sites excluding steroid dienone is 2. The first-order valence-electron chi connectivity index (χ1n) is 7.29. The van der Waals surface area contributed by atoms with Crippen molar-refractivity contribution in [1.82, 2.24) is 0 Å². The van der Waals surface area contributed by atoms with Gasteiger partial charge in [-0.15, -0.1) is 11.7 Å². The van der Waals surface area contributed by atoms with Crippen molar-refractivity contribution in [2.45, 2.75) is 6.92 Å². The Morgan fingerprint density at radius 2 is 2.05 bits per heavy atom. The third kappa shape index (κ3) is 6.16. The van der Waals surface area contributed by atoms with E-state index in [1.54, 1.807) is 16.9 Å². The summed E-state index contributed by atoms with van der Waals surface area (Å²) >= 11 is 4.20. The molecular formula is C18H25N2S2+. The topological polar surface area (TPSA) is 6.25 Å². The number of likely N-dealkylation sites (N-methyl/N-ethyl adjacent to an activating group) is 1. The van der Waals surface area contributed by atoms with Crippen molar-refractivity contribution in [3.63, 3.8) is 0 Å². The van der Waals surface area contributed by atoms with Crippen LogP contribution < -0.4 is 4.90 Å². The van der Waals surface area contributed by atoms with Gasteiger partial charge in [0.1, 0.15) is 7.05 Å².